The van der Waals surface area contributed by atoms with E-state index in [1.54, 1.807) is 11.3 Å². The Morgan fingerprint density at radius 3 is 3.09 bits per heavy atom. The number of nitrogens with zero attached hydrogens (tertiary/aromatic N) is 2. The van der Waals surface area contributed by atoms with Gasteiger partial charge in [0.05, 0.1) is 22.0 Å². The molecular formula is C16H14ClN3OS2. The summed E-state index contributed by atoms with van der Waals surface area (Å²) in [5.74, 6) is 0.278. The molecule has 118 valence electrons. The van der Waals surface area contributed by atoms with Crippen molar-refractivity contribution in [1.29, 1.82) is 0 Å². The lowest BCUT2D eigenvalue weighted by Crippen LogP contribution is -2.28. The number of carbonyl (C=O) groups is 1. The number of rotatable bonds is 5. The molecule has 0 radical (unpaired) electrons. The molecule has 2 heterocycles. The van der Waals surface area contributed by atoms with E-state index in [4.69, 9.17) is 11.6 Å². The highest BCUT2D eigenvalue weighted by Crippen LogP contribution is 2.28. The van der Waals surface area contributed by atoms with Gasteiger partial charge in [0, 0.05) is 5.02 Å². The Morgan fingerprint density at radius 1 is 1.39 bits per heavy atom. The Bertz CT molecular complexity index is 837. The summed E-state index contributed by atoms with van der Waals surface area (Å²) in [5, 5.41) is 6.46. The molecule has 1 unspecified atom stereocenters. The summed E-state index contributed by atoms with van der Waals surface area (Å²) in [5.41, 5.74) is 1.90. The molecule has 0 spiro atoms. The molecule has 7 heteroatoms. The Labute approximate surface area is 147 Å². The minimum atomic E-state index is -0.0889. The Morgan fingerprint density at radius 2 is 2.26 bits per heavy atom. The van der Waals surface area contributed by atoms with Crippen LogP contribution < -0.4 is 5.32 Å². The van der Waals surface area contributed by atoms with Gasteiger partial charge in [0.25, 0.3) is 0 Å². The van der Waals surface area contributed by atoms with Crippen molar-refractivity contribution in [3.8, 4) is 0 Å². The fraction of sp³-hybridized carbons (Fsp3) is 0.188. The number of hydrogen-bond donors (Lipinski definition) is 1. The van der Waals surface area contributed by atoms with E-state index in [9.17, 15) is 4.79 Å². The van der Waals surface area contributed by atoms with Crippen molar-refractivity contribution in [3.63, 3.8) is 0 Å². The highest BCUT2D eigenvalue weighted by atomic mass is 35.5. The first-order valence-corrected chi connectivity index (χ1v) is 9.23. The first kappa shape index (κ1) is 16.2. The van der Waals surface area contributed by atoms with Gasteiger partial charge >= 0.3 is 0 Å². The van der Waals surface area contributed by atoms with Crippen LogP contribution >= 0.6 is 34.7 Å². The summed E-state index contributed by atoms with van der Waals surface area (Å²) in [6.45, 7) is 1.94. The first-order valence-electron chi connectivity index (χ1n) is 6.99. The predicted octanol–water partition coefficient (Wildman–Crippen LogP) is 4.31. The van der Waals surface area contributed by atoms with Gasteiger partial charge in [-0.05, 0) is 36.1 Å². The van der Waals surface area contributed by atoms with Crippen LogP contribution in [0.15, 0.2) is 47.1 Å². The van der Waals surface area contributed by atoms with Gasteiger partial charge in [-0.1, -0.05) is 35.5 Å². The van der Waals surface area contributed by atoms with Crippen LogP contribution in [-0.4, -0.2) is 21.6 Å². The van der Waals surface area contributed by atoms with Crippen molar-refractivity contribution in [2.75, 3.05) is 5.75 Å². The van der Waals surface area contributed by atoms with Crippen LogP contribution in [0.5, 0.6) is 0 Å². The maximum Gasteiger partial charge on any atom is 0.230 e. The summed E-state index contributed by atoms with van der Waals surface area (Å²) in [6.07, 6.45) is 1.53. The molecule has 3 rings (SSSR count). The summed E-state index contributed by atoms with van der Waals surface area (Å²) >= 11 is 8.99. The van der Waals surface area contributed by atoms with Crippen LogP contribution in [0.1, 0.15) is 18.5 Å². The quantitative estimate of drug-likeness (QED) is 0.542. The van der Waals surface area contributed by atoms with Crippen LogP contribution in [0.25, 0.3) is 10.2 Å². The van der Waals surface area contributed by atoms with E-state index in [1.807, 2.05) is 42.6 Å². The lowest BCUT2D eigenvalue weighted by Gasteiger charge is -2.14. The maximum atomic E-state index is 12.2. The average molecular weight is 364 g/mol. The molecule has 23 heavy (non-hydrogen) atoms. The summed E-state index contributed by atoms with van der Waals surface area (Å²) in [7, 11) is 0. The zero-order valence-electron chi connectivity index (χ0n) is 12.3. The number of fused-ring (bicyclic) bond motifs is 1. The van der Waals surface area contributed by atoms with Gasteiger partial charge in [0.2, 0.25) is 5.91 Å². The van der Waals surface area contributed by atoms with Gasteiger partial charge in [-0.15, -0.1) is 11.3 Å². The van der Waals surface area contributed by atoms with Crippen LogP contribution in [-0.2, 0) is 4.79 Å². The molecule has 1 aromatic carbocycles. The monoisotopic (exact) mass is 363 g/mol. The van der Waals surface area contributed by atoms with Gasteiger partial charge in [-0.3, -0.25) is 4.79 Å². The second-order valence-corrected chi connectivity index (χ2v) is 7.26. The molecule has 2 aromatic heterocycles. The smallest absolute Gasteiger partial charge is 0.230 e. The minimum Gasteiger partial charge on any atom is -0.349 e. The molecule has 1 N–H and O–H groups in total. The molecule has 4 nitrogen and oxygen atoms in total. The normalized spacial score (nSPS) is 12.3. The third-order valence-corrected chi connectivity index (χ3v) is 5.54. The molecule has 0 bridgehead atoms. The van der Waals surface area contributed by atoms with Crippen LogP contribution in [0.2, 0.25) is 5.02 Å². The number of hydrogen-bond acceptors (Lipinski definition) is 5. The van der Waals surface area contributed by atoms with Crippen LogP contribution in [0.4, 0.5) is 0 Å². The van der Waals surface area contributed by atoms with E-state index >= 15 is 0 Å². The lowest BCUT2D eigenvalue weighted by molar-refractivity contribution is -0.119. The number of amides is 1. The van der Waals surface area contributed by atoms with Crippen molar-refractivity contribution in [2.24, 2.45) is 0 Å². The summed E-state index contributed by atoms with van der Waals surface area (Å²) in [4.78, 5) is 20.6. The molecule has 0 aliphatic rings. The largest absolute Gasteiger partial charge is 0.349 e. The van der Waals surface area contributed by atoms with Gasteiger partial charge in [-0.25, -0.2) is 9.97 Å². The van der Waals surface area contributed by atoms with Crippen LogP contribution in [0, 0.1) is 0 Å². The van der Waals surface area contributed by atoms with E-state index < -0.39 is 0 Å². The molecule has 0 saturated heterocycles. The molecule has 0 aliphatic carbocycles. The number of halogens is 1. The fourth-order valence-electron chi connectivity index (χ4n) is 2.15. The third-order valence-electron chi connectivity index (χ3n) is 3.28. The van der Waals surface area contributed by atoms with E-state index in [0.717, 1.165) is 20.8 Å². The second-order valence-electron chi connectivity index (χ2n) is 4.95. The molecular weight excluding hydrogens is 350 g/mol. The topological polar surface area (TPSA) is 54.9 Å². The van der Waals surface area contributed by atoms with E-state index in [-0.39, 0.29) is 11.9 Å². The van der Waals surface area contributed by atoms with E-state index in [1.165, 1.54) is 18.1 Å². The molecule has 0 aliphatic heterocycles. The Hall–Kier alpha value is -1.63. The molecule has 1 amide bonds. The number of carbonyl (C=O) groups excluding carboxylic acids is 1. The summed E-state index contributed by atoms with van der Waals surface area (Å²) in [6, 6.07) is 9.37. The maximum absolute atomic E-state index is 12.2. The highest BCUT2D eigenvalue weighted by molar-refractivity contribution is 8.00. The standard InChI is InChI=1S/C16H14ClN3OS2/c1-10(11-3-2-4-12(17)7-11)20-14(21)8-23-16-15-13(5-6-22-15)18-9-19-16/h2-7,9-10H,8H2,1H3,(H,20,21). The molecule has 0 saturated carbocycles. The van der Waals surface area contributed by atoms with Gasteiger partial charge in [0.15, 0.2) is 0 Å². The van der Waals surface area contributed by atoms with Crippen molar-refractivity contribution < 1.29 is 4.79 Å². The van der Waals surface area contributed by atoms with Crippen LogP contribution in [0.3, 0.4) is 0 Å². The molecule has 1 atom stereocenters. The van der Waals surface area contributed by atoms with Gasteiger partial charge in [0.1, 0.15) is 11.4 Å². The molecule has 0 fully saturated rings. The average Bonchev–Trinajstić information content (AvgIpc) is 3.02. The SMILES string of the molecule is CC(NC(=O)CSc1ncnc2ccsc12)c1cccc(Cl)c1. The van der Waals surface area contributed by atoms with E-state index in [0.29, 0.717) is 10.8 Å². The van der Waals surface area contributed by atoms with Crippen molar-refractivity contribution in [1.82, 2.24) is 15.3 Å². The lowest BCUT2D eigenvalue weighted by atomic mass is 10.1. The Kier molecular flexibility index (Phi) is 5.15. The van der Waals surface area contributed by atoms with Gasteiger partial charge < -0.3 is 5.32 Å². The third kappa shape index (κ3) is 4.02. The predicted molar refractivity (Wildman–Crippen MR) is 96.1 cm³/mol. The Balaban J connectivity index is 1.60. The van der Waals surface area contributed by atoms with Crippen molar-refractivity contribution >= 4 is 50.8 Å². The zero-order valence-corrected chi connectivity index (χ0v) is 14.7. The first-order chi connectivity index (χ1) is 11.1. The number of nitrogens with one attached hydrogen (secondary N) is 1. The summed E-state index contributed by atoms with van der Waals surface area (Å²) < 4.78 is 1.02. The van der Waals surface area contributed by atoms with Crippen molar-refractivity contribution in [2.45, 2.75) is 18.0 Å². The van der Waals surface area contributed by atoms with Gasteiger partial charge in [-0.2, -0.15) is 0 Å². The van der Waals surface area contributed by atoms with Crippen molar-refractivity contribution in [3.05, 3.63) is 52.6 Å². The number of aromatic nitrogens is 2. The number of thioether (sulfide) groups is 1. The molecule has 3 aromatic rings. The highest BCUT2D eigenvalue weighted by Gasteiger charge is 2.12. The zero-order chi connectivity index (χ0) is 16.2. The van der Waals surface area contributed by atoms with E-state index in [2.05, 4.69) is 15.3 Å². The minimum absolute atomic E-state index is 0.0363. The fourth-order valence-corrected chi connectivity index (χ4v) is 4.10. The number of benzene rings is 1. The second kappa shape index (κ2) is 7.29. The number of thiophene rings is 1.